The fraction of sp³-hybridized carbons (Fsp3) is 0.235. The lowest BCUT2D eigenvalue weighted by atomic mass is 10.2. The molecule has 2 aromatic heterocycles. The number of benzene rings is 1. The quantitative estimate of drug-likeness (QED) is 0.730. The standard InChI is InChI=1S/C17H16N2O6/c1-10-13(17(21)22)14-15(25-10)18-9-19(16(14)20)7-8-24-12-5-3-11(23-2)4-6-12/h3-6,9H,7-8H2,1-2H3,(H,21,22). The lowest BCUT2D eigenvalue weighted by Crippen LogP contribution is -2.24. The Labute approximate surface area is 142 Å². The number of nitrogens with zero attached hydrogens (tertiary/aromatic N) is 2. The van der Waals surface area contributed by atoms with E-state index in [0.717, 1.165) is 5.75 Å². The summed E-state index contributed by atoms with van der Waals surface area (Å²) in [4.78, 5) is 27.9. The van der Waals surface area contributed by atoms with Gasteiger partial charge in [0.2, 0.25) is 5.71 Å². The molecule has 25 heavy (non-hydrogen) atoms. The number of rotatable bonds is 6. The zero-order valence-electron chi connectivity index (χ0n) is 13.7. The van der Waals surface area contributed by atoms with Crippen molar-refractivity contribution in [2.75, 3.05) is 13.7 Å². The predicted molar refractivity (Wildman–Crippen MR) is 88.5 cm³/mol. The molecular weight excluding hydrogens is 328 g/mol. The summed E-state index contributed by atoms with van der Waals surface area (Å²) >= 11 is 0. The second-order valence-corrected chi connectivity index (χ2v) is 5.29. The van der Waals surface area contributed by atoms with Gasteiger partial charge in [0.05, 0.1) is 13.7 Å². The van der Waals surface area contributed by atoms with E-state index in [1.807, 2.05) is 0 Å². The Morgan fingerprint density at radius 2 is 1.96 bits per heavy atom. The van der Waals surface area contributed by atoms with Crippen LogP contribution in [0.2, 0.25) is 0 Å². The molecule has 0 aliphatic carbocycles. The predicted octanol–water partition coefficient (Wildman–Crippen LogP) is 2.08. The van der Waals surface area contributed by atoms with Gasteiger partial charge in [-0.25, -0.2) is 9.78 Å². The van der Waals surface area contributed by atoms with Crippen LogP contribution in [0.1, 0.15) is 16.1 Å². The first-order chi connectivity index (χ1) is 12.0. The normalized spacial score (nSPS) is 10.8. The summed E-state index contributed by atoms with van der Waals surface area (Å²) in [6.07, 6.45) is 1.32. The minimum absolute atomic E-state index is 0.0206. The average Bonchev–Trinajstić information content (AvgIpc) is 2.94. The van der Waals surface area contributed by atoms with Gasteiger partial charge in [0.15, 0.2) is 0 Å². The number of carbonyl (C=O) groups is 1. The number of aromatic carboxylic acids is 1. The molecule has 2 heterocycles. The molecule has 1 N–H and O–H groups in total. The molecule has 0 amide bonds. The van der Waals surface area contributed by atoms with Crippen LogP contribution in [0.4, 0.5) is 0 Å². The maximum absolute atomic E-state index is 12.5. The van der Waals surface area contributed by atoms with Crippen LogP contribution in [0, 0.1) is 6.92 Å². The third-order valence-electron chi connectivity index (χ3n) is 3.73. The van der Waals surface area contributed by atoms with Crippen molar-refractivity contribution >= 4 is 17.1 Å². The Hall–Kier alpha value is -3.29. The van der Waals surface area contributed by atoms with Crippen LogP contribution in [0.25, 0.3) is 11.1 Å². The van der Waals surface area contributed by atoms with E-state index in [1.54, 1.807) is 31.4 Å². The van der Waals surface area contributed by atoms with E-state index < -0.39 is 11.5 Å². The fourth-order valence-electron chi connectivity index (χ4n) is 2.49. The molecule has 1 aromatic carbocycles. The molecule has 8 heteroatoms. The first-order valence-electron chi connectivity index (χ1n) is 7.50. The Morgan fingerprint density at radius 3 is 2.60 bits per heavy atom. The molecule has 0 radical (unpaired) electrons. The number of fused-ring (bicyclic) bond motifs is 1. The highest BCUT2D eigenvalue weighted by Gasteiger charge is 2.22. The average molecular weight is 344 g/mol. The second-order valence-electron chi connectivity index (χ2n) is 5.29. The number of aromatic nitrogens is 2. The third-order valence-corrected chi connectivity index (χ3v) is 3.73. The van der Waals surface area contributed by atoms with E-state index in [2.05, 4.69) is 4.98 Å². The van der Waals surface area contributed by atoms with Crippen LogP contribution >= 0.6 is 0 Å². The van der Waals surface area contributed by atoms with Gasteiger partial charge in [-0.2, -0.15) is 0 Å². The summed E-state index contributed by atoms with van der Waals surface area (Å²) in [5.74, 6) is 0.282. The summed E-state index contributed by atoms with van der Waals surface area (Å²) in [5.41, 5.74) is -0.609. The van der Waals surface area contributed by atoms with Gasteiger partial charge >= 0.3 is 5.97 Å². The van der Waals surface area contributed by atoms with E-state index in [4.69, 9.17) is 13.9 Å². The van der Waals surface area contributed by atoms with Crippen molar-refractivity contribution < 1.29 is 23.8 Å². The summed E-state index contributed by atoms with van der Waals surface area (Å²) < 4.78 is 17.2. The van der Waals surface area contributed by atoms with Crippen molar-refractivity contribution in [2.24, 2.45) is 0 Å². The Morgan fingerprint density at radius 1 is 1.28 bits per heavy atom. The van der Waals surface area contributed by atoms with Gasteiger partial charge in [-0.05, 0) is 31.2 Å². The highest BCUT2D eigenvalue weighted by Crippen LogP contribution is 2.20. The zero-order valence-corrected chi connectivity index (χ0v) is 13.7. The van der Waals surface area contributed by atoms with E-state index in [0.29, 0.717) is 5.75 Å². The van der Waals surface area contributed by atoms with E-state index in [9.17, 15) is 14.7 Å². The van der Waals surface area contributed by atoms with E-state index in [-0.39, 0.29) is 35.6 Å². The van der Waals surface area contributed by atoms with Crippen LogP contribution in [-0.2, 0) is 6.54 Å². The van der Waals surface area contributed by atoms with Gasteiger partial charge in [-0.1, -0.05) is 0 Å². The van der Waals surface area contributed by atoms with Crippen LogP contribution in [0.5, 0.6) is 11.5 Å². The molecule has 0 atom stereocenters. The number of furan rings is 1. The smallest absolute Gasteiger partial charge is 0.340 e. The van der Waals surface area contributed by atoms with Crippen molar-refractivity contribution in [3.63, 3.8) is 0 Å². The second kappa shape index (κ2) is 6.68. The van der Waals surface area contributed by atoms with Crippen LogP contribution < -0.4 is 15.0 Å². The summed E-state index contributed by atoms with van der Waals surface area (Å²) in [6.45, 7) is 1.93. The number of hydrogen-bond acceptors (Lipinski definition) is 6. The van der Waals surface area contributed by atoms with Gasteiger partial charge in [-0.3, -0.25) is 9.36 Å². The number of carboxylic acid groups (broad SMARTS) is 1. The largest absolute Gasteiger partial charge is 0.497 e. The molecule has 0 aliphatic heterocycles. The summed E-state index contributed by atoms with van der Waals surface area (Å²) in [6, 6.07) is 7.04. The van der Waals surface area contributed by atoms with Crippen molar-refractivity contribution in [1.82, 2.24) is 9.55 Å². The molecule has 3 aromatic rings. The monoisotopic (exact) mass is 344 g/mol. The van der Waals surface area contributed by atoms with E-state index >= 15 is 0 Å². The molecule has 8 nitrogen and oxygen atoms in total. The topological polar surface area (TPSA) is 104 Å². The Balaban J connectivity index is 1.79. The molecule has 130 valence electrons. The van der Waals surface area contributed by atoms with Gasteiger partial charge in [0.25, 0.3) is 5.56 Å². The number of hydrogen-bond donors (Lipinski definition) is 1. The number of aryl methyl sites for hydroxylation is 1. The van der Waals surface area contributed by atoms with Gasteiger partial charge in [0, 0.05) is 0 Å². The fourth-order valence-corrected chi connectivity index (χ4v) is 2.49. The molecule has 0 bridgehead atoms. The molecule has 0 aliphatic rings. The Kier molecular flexibility index (Phi) is 4.42. The highest BCUT2D eigenvalue weighted by atomic mass is 16.5. The SMILES string of the molecule is COc1ccc(OCCn2cnc3oc(C)c(C(=O)O)c3c2=O)cc1. The van der Waals surface area contributed by atoms with Crippen LogP contribution in [-0.4, -0.2) is 34.3 Å². The minimum Gasteiger partial charge on any atom is -0.497 e. The molecular formula is C17H16N2O6. The zero-order chi connectivity index (χ0) is 18.0. The van der Waals surface area contributed by atoms with Crippen molar-refractivity contribution in [1.29, 1.82) is 0 Å². The lowest BCUT2D eigenvalue weighted by molar-refractivity contribution is 0.0697. The summed E-state index contributed by atoms with van der Waals surface area (Å²) in [7, 11) is 1.58. The van der Waals surface area contributed by atoms with E-state index in [1.165, 1.54) is 17.8 Å². The first-order valence-corrected chi connectivity index (χ1v) is 7.50. The Bertz CT molecular complexity index is 971. The molecule has 0 unspecified atom stereocenters. The maximum Gasteiger partial charge on any atom is 0.340 e. The van der Waals surface area contributed by atoms with Crippen molar-refractivity contribution in [2.45, 2.75) is 13.5 Å². The molecule has 0 fully saturated rings. The van der Waals surface area contributed by atoms with Gasteiger partial charge in [-0.15, -0.1) is 0 Å². The van der Waals surface area contributed by atoms with Crippen LogP contribution in [0.3, 0.4) is 0 Å². The first kappa shape index (κ1) is 16.6. The number of carboxylic acids is 1. The molecule has 0 spiro atoms. The number of methoxy groups -OCH3 is 1. The number of ether oxygens (including phenoxy) is 2. The van der Waals surface area contributed by atoms with Gasteiger partial charge < -0.3 is 19.0 Å². The highest BCUT2D eigenvalue weighted by molar-refractivity contribution is 6.02. The minimum atomic E-state index is -1.22. The molecule has 0 saturated heterocycles. The van der Waals surface area contributed by atoms with Crippen molar-refractivity contribution in [3.8, 4) is 11.5 Å². The van der Waals surface area contributed by atoms with Gasteiger partial charge in [0.1, 0.15) is 41.1 Å². The molecule has 3 rings (SSSR count). The lowest BCUT2D eigenvalue weighted by Gasteiger charge is -2.08. The summed E-state index contributed by atoms with van der Waals surface area (Å²) in [5, 5.41) is 9.23. The third kappa shape index (κ3) is 3.18. The molecule has 0 saturated carbocycles. The van der Waals surface area contributed by atoms with Crippen LogP contribution in [0.15, 0.2) is 39.8 Å². The maximum atomic E-state index is 12.5. The van der Waals surface area contributed by atoms with Crippen molar-refractivity contribution in [3.05, 3.63) is 52.3 Å².